The summed E-state index contributed by atoms with van der Waals surface area (Å²) in [5.74, 6) is -2.04. The summed E-state index contributed by atoms with van der Waals surface area (Å²) in [7, 11) is 5.94. The van der Waals surface area contributed by atoms with Crippen molar-refractivity contribution in [2.24, 2.45) is 0 Å². The van der Waals surface area contributed by atoms with E-state index >= 15 is 0 Å². The van der Waals surface area contributed by atoms with Gasteiger partial charge >= 0.3 is 17.9 Å². The van der Waals surface area contributed by atoms with Gasteiger partial charge in [0.25, 0.3) is 6.29 Å². The van der Waals surface area contributed by atoms with E-state index in [0.717, 1.165) is 77.0 Å². The molecule has 2 atom stereocenters. The van der Waals surface area contributed by atoms with Gasteiger partial charge in [-0.25, -0.2) is 4.79 Å². The lowest BCUT2D eigenvalue weighted by Gasteiger charge is -2.25. The molecule has 0 aromatic rings. The van der Waals surface area contributed by atoms with E-state index in [4.69, 9.17) is 18.9 Å². The molecule has 0 rings (SSSR count). The standard InChI is InChI=1S/C45H81NO8/c1-6-8-10-12-14-16-18-20-22-24-26-28-30-32-34-36-43(48)54-41(40-53-45(44(49)50)51-38-37-46(3,4)5)39-52-42(47)35-33-31-29-27-25-23-21-19-17-15-13-11-9-7-2/h14,16,19-22,41,45H,6-13,15,17-18,23-40H2,1-5H3/p+1/b16-14-,21-19-,22-20-. The van der Waals surface area contributed by atoms with Crippen molar-refractivity contribution in [2.75, 3.05) is 47.5 Å². The van der Waals surface area contributed by atoms with Crippen molar-refractivity contribution in [3.05, 3.63) is 36.5 Å². The number of quaternary nitrogens is 1. The van der Waals surface area contributed by atoms with Gasteiger partial charge in [-0.15, -0.1) is 0 Å². The minimum absolute atomic E-state index is 0.183. The van der Waals surface area contributed by atoms with Crippen molar-refractivity contribution in [3.63, 3.8) is 0 Å². The van der Waals surface area contributed by atoms with E-state index in [1.54, 1.807) is 0 Å². The molecule has 0 saturated heterocycles. The SMILES string of the molecule is CCCCC/C=C\C/C=C\CCCCCCCC(=O)OC(COC(=O)CCCCCCC/C=C\CCCCCCC)COC(OCC[N+](C)(C)C)C(=O)O. The fraction of sp³-hybridized carbons (Fsp3) is 0.800. The molecule has 0 radical (unpaired) electrons. The van der Waals surface area contributed by atoms with Gasteiger partial charge in [-0.1, -0.05) is 127 Å². The van der Waals surface area contributed by atoms with Gasteiger partial charge in [0.2, 0.25) is 0 Å². The minimum atomic E-state index is -1.51. The molecule has 0 bridgehead atoms. The van der Waals surface area contributed by atoms with Gasteiger partial charge in [0, 0.05) is 12.8 Å². The third-order valence-electron chi connectivity index (χ3n) is 9.12. The smallest absolute Gasteiger partial charge is 0.361 e. The number of aliphatic carboxylic acids is 1. The van der Waals surface area contributed by atoms with Crippen LogP contribution in [0.1, 0.15) is 174 Å². The van der Waals surface area contributed by atoms with E-state index < -0.39 is 24.3 Å². The molecule has 314 valence electrons. The topological polar surface area (TPSA) is 108 Å². The highest BCUT2D eigenvalue weighted by molar-refractivity contribution is 5.71. The van der Waals surface area contributed by atoms with Crippen LogP contribution in [0.3, 0.4) is 0 Å². The molecule has 54 heavy (non-hydrogen) atoms. The van der Waals surface area contributed by atoms with Crippen molar-refractivity contribution in [3.8, 4) is 0 Å². The predicted molar refractivity (Wildman–Crippen MR) is 221 cm³/mol. The van der Waals surface area contributed by atoms with Crippen molar-refractivity contribution < 1.29 is 42.9 Å². The number of rotatable bonds is 39. The Kier molecular flexibility index (Phi) is 35.7. The average molecular weight is 765 g/mol. The Morgan fingerprint density at radius 1 is 0.556 bits per heavy atom. The van der Waals surface area contributed by atoms with Gasteiger partial charge in [0.05, 0.1) is 34.4 Å². The molecule has 0 aromatic carbocycles. The summed E-state index contributed by atoms with van der Waals surface area (Å²) in [6.45, 7) is 4.80. The molecular formula is C45H82NO8+. The lowest BCUT2D eigenvalue weighted by molar-refractivity contribution is -0.870. The van der Waals surface area contributed by atoms with Crippen molar-refractivity contribution >= 4 is 17.9 Å². The number of carbonyl (C=O) groups is 3. The van der Waals surface area contributed by atoms with Crippen molar-refractivity contribution in [1.29, 1.82) is 0 Å². The van der Waals surface area contributed by atoms with Gasteiger partial charge in [-0.3, -0.25) is 9.59 Å². The number of carbonyl (C=O) groups excluding carboxylic acids is 2. The van der Waals surface area contributed by atoms with Crippen LogP contribution in [0, 0.1) is 0 Å². The molecule has 1 N–H and O–H groups in total. The third-order valence-corrected chi connectivity index (χ3v) is 9.12. The highest BCUT2D eigenvalue weighted by atomic mass is 16.7. The van der Waals surface area contributed by atoms with E-state index in [1.807, 2.05) is 21.1 Å². The van der Waals surface area contributed by atoms with Crippen LogP contribution in [0.5, 0.6) is 0 Å². The quantitative estimate of drug-likeness (QED) is 0.0217. The summed E-state index contributed by atoms with van der Waals surface area (Å²) in [6, 6.07) is 0. The van der Waals surface area contributed by atoms with Crippen LogP contribution in [-0.4, -0.2) is 87.4 Å². The van der Waals surface area contributed by atoms with Crippen LogP contribution in [-0.2, 0) is 33.3 Å². The number of hydrogen-bond donors (Lipinski definition) is 1. The lowest BCUT2D eigenvalue weighted by atomic mass is 10.1. The molecule has 0 aliphatic heterocycles. The molecule has 0 heterocycles. The largest absolute Gasteiger partial charge is 0.477 e. The number of carboxylic acid groups (broad SMARTS) is 1. The maximum atomic E-state index is 12.7. The number of hydrogen-bond acceptors (Lipinski definition) is 7. The Hall–Kier alpha value is -2.49. The summed E-state index contributed by atoms with van der Waals surface area (Å²) < 4.78 is 22.7. The molecule has 2 unspecified atom stereocenters. The Balaban J connectivity index is 4.51. The number of likely N-dealkylation sites (N-methyl/N-ethyl adjacent to an activating group) is 1. The van der Waals surface area contributed by atoms with Crippen molar-refractivity contribution in [1.82, 2.24) is 0 Å². The Morgan fingerprint density at radius 2 is 1.00 bits per heavy atom. The molecule has 0 aromatic heterocycles. The number of nitrogens with zero attached hydrogens (tertiary/aromatic N) is 1. The number of ether oxygens (including phenoxy) is 4. The summed E-state index contributed by atoms with van der Waals surface area (Å²) in [4.78, 5) is 37.0. The lowest BCUT2D eigenvalue weighted by Crippen LogP contribution is -2.40. The zero-order chi connectivity index (χ0) is 40.0. The van der Waals surface area contributed by atoms with Gasteiger partial charge in [0.1, 0.15) is 13.2 Å². The summed E-state index contributed by atoms with van der Waals surface area (Å²) in [5.41, 5.74) is 0. The summed E-state index contributed by atoms with van der Waals surface area (Å²) in [6.07, 6.45) is 37.7. The van der Waals surface area contributed by atoms with Crippen LogP contribution in [0.2, 0.25) is 0 Å². The molecule has 0 aliphatic carbocycles. The Bertz CT molecular complexity index is 987. The van der Waals surface area contributed by atoms with E-state index in [2.05, 4.69) is 50.3 Å². The molecule has 0 fully saturated rings. The molecular weight excluding hydrogens is 682 g/mol. The molecule has 9 heteroatoms. The third kappa shape index (κ3) is 37.8. The summed E-state index contributed by atoms with van der Waals surface area (Å²) in [5, 5.41) is 9.62. The van der Waals surface area contributed by atoms with Crippen LogP contribution in [0.25, 0.3) is 0 Å². The maximum Gasteiger partial charge on any atom is 0.361 e. The number of carboxylic acids is 1. The monoisotopic (exact) mass is 765 g/mol. The van der Waals surface area contributed by atoms with Crippen LogP contribution < -0.4 is 0 Å². The second kappa shape index (κ2) is 37.4. The molecule has 0 saturated carbocycles. The van der Waals surface area contributed by atoms with Crippen LogP contribution in [0.15, 0.2) is 36.5 Å². The highest BCUT2D eigenvalue weighted by Gasteiger charge is 2.25. The first-order chi connectivity index (χ1) is 26.1. The summed E-state index contributed by atoms with van der Waals surface area (Å²) >= 11 is 0. The molecule has 9 nitrogen and oxygen atoms in total. The predicted octanol–water partition coefficient (Wildman–Crippen LogP) is 11.1. The molecule has 0 aliphatic rings. The minimum Gasteiger partial charge on any atom is -0.477 e. The van der Waals surface area contributed by atoms with Gasteiger partial charge < -0.3 is 28.5 Å². The number of unbranched alkanes of at least 4 members (excludes halogenated alkanes) is 18. The zero-order valence-electron chi connectivity index (χ0n) is 35.4. The second-order valence-electron chi connectivity index (χ2n) is 15.6. The zero-order valence-corrected chi connectivity index (χ0v) is 35.4. The number of allylic oxidation sites excluding steroid dienone is 6. The van der Waals surface area contributed by atoms with E-state index in [-0.39, 0.29) is 38.6 Å². The van der Waals surface area contributed by atoms with Gasteiger partial charge in [0.15, 0.2) is 6.10 Å². The second-order valence-corrected chi connectivity index (χ2v) is 15.6. The van der Waals surface area contributed by atoms with Crippen LogP contribution >= 0.6 is 0 Å². The normalized spacial score (nSPS) is 13.3. The number of esters is 2. The van der Waals surface area contributed by atoms with Crippen molar-refractivity contribution in [2.45, 2.75) is 187 Å². The fourth-order valence-electron chi connectivity index (χ4n) is 5.68. The van der Waals surface area contributed by atoms with E-state index in [9.17, 15) is 19.5 Å². The van der Waals surface area contributed by atoms with E-state index in [0.29, 0.717) is 17.4 Å². The van der Waals surface area contributed by atoms with E-state index in [1.165, 1.54) is 64.2 Å². The average Bonchev–Trinajstić information content (AvgIpc) is 3.12. The first-order valence-electron chi connectivity index (χ1n) is 21.7. The fourth-order valence-corrected chi connectivity index (χ4v) is 5.68. The van der Waals surface area contributed by atoms with Crippen LogP contribution in [0.4, 0.5) is 0 Å². The molecule has 0 spiro atoms. The first kappa shape index (κ1) is 51.5. The highest BCUT2D eigenvalue weighted by Crippen LogP contribution is 2.13. The molecule has 0 amide bonds. The maximum absolute atomic E-state index is 12.7. The van der Waals surface area contributed by atoms with Gasteiger partial charge in [-0.2, -0.15) is 0 Å². The Morgan fingerprint density at radius 3 is 1.52 bits per heavy atom. The van der Waals surface area contributed by atoms with Gasteiger partial charge in [-0.05, 0) is 70.6 Å². The first-order valence-corrected chi connectivity index (χ1v) is 21.7. The Labute approximate surface area is 330 Å².